The van der Waals surface area contributed by atoms with Crippen LogP contribution in [0.1, 0.15) is 11.7 Å². The number of non-ortho nitro benzene ring substituents is 1. The molecule has 2 N–H and O–H groups in total. The van der Waals surface area contributed by atoms with E-state index >= 15 is 0 Å². The van der Waals surface area contributed by atoms with Gasteiger partial charge < -0.3 is 14.9 Å². The van der Waals surface area contributed by atoms with Gasteiger partial charge in [0.05, 0.1) is 4.92 Å². The predicted octanol–water partition coefficient (Wildman–Crippen LogP) is 0.726. The molecule has 0 spiro atoms. The van der Waals surface area contributed by atoms with E-state index in [9.17, 15) is 24.7 Å². The average Bonchev–Trinajstić information content (AvgIpc) is 2.66. The topological polar surface area (TPSA) is 92.8 Å². The van der Waals surface area contributed by atoms with Gasteiger partial charge in [0, 0.05) is 12.1 Å². The molecule has 1 aliphatic heterocycles. The van der Waals surface area contributed by atoms with Crippen LogP contribution in [0.5, 0.6) is 0 Å². The van der Waals surface area contributed by atoms with E-state index < -0.39 is 36.0 Å². The number of hydrogen-bond donors (Lipinski definition) is 2. The minimum Gasteiger partial charge on any atom is -0.387 e. The number of halogens is 1. The summed E-state index contributed by atoms with van der Waals surface area (Å²) in [4.78, 5) is 9.94. The highest BCUT2D eigenvalue weighted by Gasteiger charge is 2.43. The summed E-state index contributed by atoms with van der Waals surface area (Å²) in [5.74, 6) is 0. The molecule has 18 heavy (non-hydrogen) atoms. The number of aliphatic hydroxyl groups excluding tert-OH is 2. The number of nitro benzene ring substituents is 1. The van der Waals surface area contributed by atoms with Crippen molar-refractivity contribution in [2.45, 2.75) is 24.4 Å². The molecular formula is C11H12FNO5. The number of aliphatic hydroxyl groups is 2. The van der Waals surface area contributed by atoms with E-state index in [4.69, 9.17) is 4.74 Å². The fourth-order valence-electron chi connectivity index (χ4n) is 1.94. The van der Waals surface area contributed by atoms with Crippen LogP contribution in [0, 0.1) is 10.1 Å². The zero-order valence-electron chi connectivity index (χ0n) is 9.27. The Bertz CT molecular complexity index is 438. The summed E-state index contributed by atoms with van der Waals surface area (Å²) in [5.41, 5.74) is 0.372. The molecule has 98 valence electrons. The van der Waals surface area contributed by atoms with Gasteiger partial charge in [-0.2, -0.15) is 0 Å². The van der Waals surface area contributed by atoms with Crippen molar-refractivity contribution >= 4 is 5.69 Å². The zero-order valence-corrected chi connectivity index (χ0v) is 9.27. The van der Waals surface area contributed by atoms with Gasteiger partial charge in [0.15, 0.2) is 0 Å². The van der Waals surface area contributed by atoms with Gasteiger partial charge in [0.2, 0.25) is 0 Å². The molecule has 4 atom stereocenters. The van der Waals surface area contributed by atoms with Crippen molar-refractivity contribution in [3.05, 3.63) is 39.9 Å². The standard InChI is InChI=1S/C11H12FNO5/c12-5-8-9(14)10(15)11(18-8)6-1-3-7(4-2-6)13(16)17/h1-4,8-11,14-15H,5H2. The SMILES string of the molecule is O=[N+]([O-])c1ccc(C2OC(CF)C(O)C2O)cc1. The zero-order chi connectivity index (χ0) is 13.3. The largest absolute Gasteiger partial charge is 0.387 e. The summed E-state index contributed by atoms with van der Waals surface area (Å²) in [6.45, 7) is -0.901. The van der Waals surface area contributed by atoms with Gasteiger partial charge in [-0.15, -0.1) is 0 Å². The third-order valence-corrected chi connectivity index (χ3v) is 2.95. The van der Waals surface area contributed by atoms with Crippen molar-refractivity contribution in [1.82, 2.24) is 0 Å². The molecular weight excluding hydrogens is 245 g/mol. The Morgan fingerprint density at radius 1 is 1.28 bits per heavy atom. The van der Waals surface area contributed by atoms with Crippen molar-refractivity contribution in [3.8, 4) is 0 Å². The Labute approximate surface area is 102 Å². The third kappa shape index (κ3) is 2.20. The van der Waals surface area contributed by atoms with E-state index in [1.807, 2.05) is 0 Å². The minimum atomic E-state index is -1.30. The second-order valence-electron chi connectivity index (χ2n) is 4.08. The lowest BCUT2D eigenvalue weighted by molar-refractivity contribution is -0.384. The van der Waals surface area contributed by atoms with Crippen LogP contribution in [0.15, 0.2) is 24.3 Å². The summed E-state index contributed by atoms with van der Waals surface area (Å²) in [6, 6.07) is 5.36. The maximum atomic E-state index is 12.5. The number of rotatable bonds is 3. The Kier molecular flexibility index (Phi) is 3.55. The van der Waals surface area contributed by atoms with E-state index in [0.717, 1.165) is 0 Å². The van der Waals surface area contributed by atoms with Crippen LogP contribution in [-0.2, 0) is 4.74 Å². The maximum absolute atomic E-state index is 12.5. The molecule has 1 fully saturated rings. The van der Waals surface area contributed by atoms with E-state index in [1.54, 1.807) is 0 Å². The lowest BCUT2D eigenvalue weighted by atomic mass is 10.0. The number of alkyl halides is 1. The fraction of sp³-hybridized carbons (Fsp3) is 0.455. The molecule has 7 heteroatoms. The summed E-state index contributed by atoms with van der Waals surface area (Å²) in [7, 11) is 0. The summed E-state index contributed by atoms with van der Waals surface area (Å²) >= 11 is 0. The third-order valence-electron chi connectivity index (χ3n) is 2.95. The second kappa shape index (κ2) is 4.97. The number of nitro groups is 1. The van der Waals surface area contributed by atoms with E-state index in [-0.39, 0.29) is 5.69 Å². The lowest BCUT2D eigenvalue weighted by Gasteiger charge is -2.14. The lowest BCUT2D eigenvalue weighted by Crippen LogP contribution is -2.31. The Hall–Kier alpha value is -1.57. The molecule has 0 radical (unpaired) electrons. The Balaban J connectivity index is 2.19. The first-order valence-electron chi connectivity index (χ1n) is 5.36. The van der Waals surface area contributed by atoms with E-state index in [1.165, 1.54) is 24.3 Å². The summed E-state index contributed by atoms with van der Waals surface area (Å²) in [5, 5.41) is 29.7. The molecule has 6 nitrogen and oxygen atoms in total. The molecule has 2 rings (SSSR count). The first-order valence-corrected chi connectivity index (χ1v) is 5.36. The number of hydrogen-bond acceptors (Lipinski definition) is 5. The van der Waals surface area contributed by atoms with Crippen LogP contribution in [-0.4, -0.2) is 40.1 Å². The van der Waals surface area contributed by atoms with Gasteiger partial charge in [0.1, 0.15) is 31.1 Å². The van der Waals surface area contributed by atoms with Crippen LogP contribution in [0.3, 0.4) is 0 Å². The Morgan fingerprint density at radius 2 is 1.89 bits per heavy atom. The molecule has 1 aromatic rings. The number of nitrogens with zero attached hydrogens (tertiary/aromatic N) is 1. The smallest absolute Gasteiger partial charge is 0.269 e. The normalized spacial score (nSPS) is 31.5. The molecule has 1 heterocycles. The van der Waals surface area contributed by atoms with Crippen LogP contribution in [0.25, 0.3) is 0 Å². The highest BCUT2D eigenvalue weighted by atomic mass is 19.1. The summed E-state index contributed by atoms with van der Waals surface area (Å²) in [6.07, 6.45) is -4.48. The van der Waals surface area contributed by atoms with Crippen LogP contribution in [0.4, 0.5) is 10.1 Å². The highest BCUT2D eigenvalue weighted by molar-refractivity contribution is 5.34. The number of benzene rings is 1. The van der Waals surface area contributed by atoms with Crippen LogP contribution in [0.2, 0.25) is 0 Å². The summed E-state index contributed by atoms with van der Waals surface area (Å²) < 4.78 is 17.7. The van der Waals surface area contributed by atoms with E-state index in [0.29, 0.717) is 5.56 Å². The molecule has 1 saturated heterocycles. The molecule has 0 aliphatic carbocycles. The molecule has 0 amide bonds. The van der Waals surface area contributed by atoms with Crippen molar-refractivity contribution in [2.24, 2.45) is 0 Å². The molecule has 1 aromatic carbocycles. The van der Waals surface area contributed by atoms with Gasteiger partial charge in [-0.3, -0.25) is 10.1 Å². The van der Waals surface area contributed by atoms with Gasteiger partial charge in [-0.25, -0.2) is 4.39 Å². The molecule has 1 aliphatic rings. The Morgan fingerprint density at radius 3 is 2.33 bits per heavy atom. The van der Waals surface area contributed by atoms with Gasteiger partial charge in [-0.1, -0.05) is 0 Å². The average molecular weight is 257 g/mol. The monoisotopic (exact) mass is 257 g/mol. The predicted molar refractivity (Wildman–Crippen MR) is 58.7 cm³/mol. The number of ether oxygens (including phenoxy) is 1. The maximum Gasteiger partial charge on any atom is 0.269 e. The van der Waals surface area contributed by atoms with Crippen molar-refractivity contribution in [3.63, 3.8) is 0 Å². The second-order valence-corrected chi connectivity index (χ2v) is 4.08. The van der Waals surface area contributed by atoms with Gasteiger partial charge in [0.25, 0.3) is 5.69 Å². The van der Waals surface area contributed by atoms with Gasteiger partial charge >= 0.3 is 0 Å². The minimum absolute atomic E-state index is 0.0890. The van der Waals surface area contributed by atoms with Crippen molar-refractivity contribution in [1.29, 1.82) is 0 Å². The molecule has 0 bridgehead atoms. The highest BCUT2D eigenvalue weighted by Crippen LogP contribution is 2.34. The van der Waals surface area contributed by atoms with E-state index in [2.05, 4.69) is 0 Å². The van der Waals surface area contributed by atoms with Gasteiger partial charge in [-0.05, 0) is 17.7 Å². The first-order chi connectivity index (χ1) is 8.54. The van der Waals surface area contributed by atoms with Crippen molar-refractivity contribution < 1.29 is 24.3 Å². The van der Waals surface area contributed by atoms with Crippen LogP contribution < -0.4 is 0 Å². The molecule has 4 unspecified atom stereocenters. The van der Waals surface area contributed by atoms with Crippen molar-refractivity contribution in [2.75, 3.05) is 6.67 Å². The molecule has 0 aromatic heterocycles. The fourth-order valence-corrected chi connectivity index (χ4v) is 1.94. The van der Waals surface area contributed by atoms with Crippen LogP contribution >= 0.6 is 0 Å². The first kappa shape index (κ1) is 12.9. The molecule has 0 saturated carbocycles. The quantitative estimate of drug-likeness (QED) is 0.615.